The number of anilines is 2. The van der Waals surface area contributed by atoms with E-state index in [1.165, 1.54) is 39.2 Å². The summed E-state index contributed by atoms with van der Waals surface area (Å²) < 4.78 is 16.4. The topological polar surface area (TPSA) is 115 Å². The van der Waals surface area contributed by atoms with Gasteiger partial charge in [-0.25, -0.2) is 0 Å². The van der Waals surface area contributed by atoms with Crippen molar-refractivity contribution in [1.29, 1.82) is 0 Å². The molecule has 0 saturated carbocycles. The number of carbonyl (C=O) groups is 3. The van der Waals surface area contributed by atoms with Crippen LogP contribution in [0.5, 0.6) is 17.2 Å². The smallest absolute Gasteiger partial charge is 0.272 e. The molecule has 1 unspecified atom stereocenters. The van der Waals surface area contributed by atoms with Crippen LogP contribution in [0.1, 0.15) is 26.7 Å². The highest BCUT2D eigenvalue weighted by Crippen LogP contribution is 2.38. The number of ether oxygens (including phenoxy) is 3. The summed E-state index contributed by atoms with van der Waals surface area (Å²) in [4.78, 5) is 41.3. The van der Waals surface area contributed by atoms with Gasteiger partial charge in [-0.3, -0.25) is 14.4 Å². The highest BCUT2D eigenvalue weighted by atomic mass is 35.5. The number of amides is 3. The fourth-order valence-electron chi connectivity index (χ4n) is 4.95. The summed E-state index contributed by atoms with van der Waals surface area (Å²) in [6.45, 7) is 0. The number of halogens is 2. The molecule has 9 nitrogen and oxygen atoms in total. The van der Waals surface area contributed by atoms with Gasteiger partial charge in [0.05, 0.1) is 21.3 Å². The van der Waals surface area contributed by atoms with Crippen molar-refractivity contribution in [1.82, 2.24) is 5.32 Å². The first-order valence-electron chi connectivity index (χ1n) is 15.5. The number of thioether (sulfide) groups is 1. The quantitative estimate of drug-likeness (QED) is 0.0816. The van der Waals surface area contributed by atoms with Gasteiger partial charge in [0.15, 0.2) is 11.5 Å². The van der Waals surface area contributed by atoms with Crippen LogP contribution in [0.25, 0.3) is 6.08 Å². The van der Waals surface area contributed by atoms with Crippen LogP contribution in [0.4, 0.5) is 11.4 Å². The molecule has 0 fully saturated rings. The molecule has 0 aromatic heterocycles. The van der Waals surface area contributed by atoms with Gasteiger partial charge in [-0.05, 0) is 72.3 Å². The Kier molecular flexibility index (Phi) is 12.6. The number of rotatable bonds is 13. The molecule has 1 atom stereocenters. The van der Waals surface area contributed by atoms with Gasteiger partial charge >= 0.3 is 0 Å². The van der Waals surface area contributed by atoms with Gasteiger partial charge in [0.1, 0.15) is 16.7 Å². The number of methoxy groups -OCH3 is 3. The van der Waals surface area contributed by atoms with E-state index in [1.807, 2.05) is 30.3 Å². The molecule has 0 spiro atoms. The van der Waals surface area contributed by atoms with Crippen molar-refractivity contribution >= 4 is 70.1 Å². The number of nitrogens with one attached hydrogen (secondary N) is 3. The van der Waals surface area contributed by atoms with E-state index in [1.54, 1.807) is 84.9 Å². The SMILES string of the molecule is COc1cc(OC)c(OC)cc1/C=C(\NC(=O)c1ccccc1)C(=O)Nc1ccc(SC(C(=O)Nc2cc(Cl)cc(Cl)c2)c2ccccc2)cc1. The van der Waals surface area contributed by atoms with Crippen LogP contribution < -0.4 is 30.2 Å². The van der Waals surface area contributed by atoms with Crippen LogP contribution in [-0.4, -0.2) is 39.1 Å². The predicted molar refractivity (Wildman–Crippen MR) is 203 cm³/mol. The Labute approximate surface area is 309 Å². The first-order valence-corrected chi connectivity index (χ1v) is 17.1. The molecule has 12 heteroatoms. The highest BCUT2D eigenvalue weighted by molar-refractivity contribution is 8.00. The molecule has 260 valence electrons. The number of benzene rings is 5. The van der Waals surface area contributed by atoms with E-state index in [2.05, 4.69) is 16.0 Å². The monoisotopic (exact) mass is 741 g/mol. The molecule has 0 heterocycles. The standard InChI is InChI=1S/C39H33Cl2N3O6S/c1-48-33-23-35(50-3)34(49-2)19-26(33)18-32(44-37(45)25-12-8-5-9-13-25)38(46)42-29-14-16-31(17-15-29)51-36(24-10-6-4-7-11-24)39(47)43-30-21-27(40)20-28(41)22-30/h4-23,36H,1-3H3,(H,42,46)(H,43,47)(H,44,45)/b32-18-. The van der Waals surface area contributed by atoms with Crippen molar-refractivity contribution < 1.29 is 28.6 Å². The molecule has 0 aliphatic carbocycles. The second kappa shape index (κ2) is 17.5. The van der Waals surface area contributed by atoms with Crippen molar-refractivity contribution in [2.24, 2.45) is 0 Å². The third-order valence-corrected chi connectivity index (χ3v) is 9.10. The van der Waals surface area contributed by atoms with Crippen molar-refractivity contribution in [2.75, 3.05) is 32.0 Å². The average molecular weight is 743 g/mol. The largest absolute Gasteiger partial charge is 0.496 e. The second-order valence-corrected chi connectivity index (χ2v) is 12.9. The number of hydrogen-bond donors (Lipinski definition) is 3. The maximum absolute atomic E-state index is 13.8. The molecule has 5 aromatic carbocycles. The lowest BCUT2D eigenvalue weighted by atomic mass is 10.1. The van der Waals surface area contributed by atoms with E-state index in [9.17, 15) is 14.4 Å². The third kappa shape index (κ3) is 9.85. The van der Waals surface area contributed by atoms with Gasteiger partial charge in [0.25, 0.3) is 11.8 Å². The molecule has 0 aliphatic heterocycles. The summed E-state index contributed by atoms with van der Waals surface area (Å²) in [6.07, 6.45) is 1.50. The summed E-state index contributed by atoms with van der Waals surface area (Å²) in [5.41, 5.74) is 2.51. The minimum absolute atomic E-state index is 0.0465. The van der Waals surface area contributed by atoms with E-state index in [0.717, 1.165) is 10.5 Å². The average Bonchev–Trinajstić information content (AvgIpc) is 3.14. The van der Waals surface area contributed by atoms with Crippen molar-refractivity contribution in [3.05, 3.63) is 148 Å². The molecule has 5 aromatic rings. The Morgan fingerprint density at radius 3 is 1.86 bits per heavy atom. The molecular formula is C39H33Cl2N3O6S. The normalized spacial score (nSPS) is 11.6. The van der Waals surface area contributed by atoms with E-state index in [-0.39, 0.29) is 11.6 Å². The summed E-state index contributed by atoms with van der Waals surface area (Å²) in [7, 11) is 4.48. The van der Waals surface area contributed by atoms with E-state index >= 15 is 0 Å². The molecule has 3 N–H and O–H groups in total. The Bertz CT molecular complexity index is 2020. The summed E-state index contributed by atoms with van der Waals surface area (Å²) in [6, 6.07) is 33.0. The van der Waals surface area contributed by atoms with Gasteiger partial charge < -0.3 is 30.2 Å². The number of hydrogen-bond acceptors (Lipinski definition) is 7. The maximum atomic E-state index is 13.8. The molecule has 0 saturated heterocycles. The Morgan fingerprint density at radius 2 is 1.25 bits per heavy atom. The van der Waals surface area contributed by atoms with Gasteiger partial charge in [-0.15, -0.1) is 11.8 Å². The van der Waals surface area contributed by atoms with Crippen LogP contribution in [0.2, 0.25) is 10.0 Å². The first-order chi connectivity index (χ1) is 24.7. The van der Waals surface area contributed by atoms with Crippen LogP contribution in [0.15, 0.2) is 126 Å². The lowest BCUT2D eigenvalue weighted by molar-refractivity contribution is -0.116. The molecule has 51 heavy (non-hydrogen) atoms. The molecule has 5 rings (SSSR count). The fourth-order valence-corrected chi connectivity index (χ4v) is 6.50. The molecular weight excluding hydrogens is 709 g/mol. The molecule has 0 bridgehead atoms. The minimum Gasteiger partial charge on any atom is -0.496 e. The summed E-state index contributed by atoms with van der Waals surface area (Å²) >= 11 is 13.6. The van der Waals surface area contributed by atoms with E-state index < -0.39 is 17.1 Å². The Balaban J connectivity index is 1.39. The Morgan fingerprint density at radius 1 is 0.667 bits per heavy atom. The maximum Gasteiger partial charge on any atom is 0.272 e. The van der Waals surface area contributed by atoms with Crippen molar-refractivity contribution in [3.8, 4) is 17.2 Å². The zero-order chi connectivity index (χ0) is 36.3. The molecule has 0 radical (unpaired) electrons. The van der Waals surface area contributed by atoms with Crippen molar-refractivity contribution in [3.63, 3.8) is 0 Å². The zero-order valence-electron chi connectivity index (χ0n) is 27.7. The Hall–Kier alpha value is -5.42. The van der Waals surface area contributed by atoms with Crippen LogP contribution in [0, 0.1) is 0 Å². The molecule has 0 aliphatic rings. The second-order valence-electron chi connectivity index (χ2n) is 10.9. The predicted octanol–water partition coefficient (Wildman–Crippen LogP) is 8.90. The van der Waals surface area contributed by atoms with Gasteiger partial charge in [0.2, 0.25) is 5.91 Å². The number of carbonyl (C=O) groups excluding carboxylic acids is 3. The lowest BCUT2D eigenvalue weighted by Crippen LogP contribution is -2.30. The van der Waals surface area contributed by atoms with Crippen LogP contribution >= 0.6 is 35.0 Å². The highest BCUT2D eigenvalue weighted by Gasteiger charge is 2.23. The lowest BCUT2D eigenvalue weighted by Gasteiger charge is -2.18. The van der Waals surface area contributed by atoms with E-state index in [0.29, 0.717) is 49.8 Å². The van der Waals surface area contributed by atoms with Gasteiger partial charge in [-0.2, -0.15) is 0 Å². The fraction of sp³-hybridized carbons (Fsp3) is 0.103. The first kappa shape index (κ1) is 36.9. The van der Waals surface area contributed by atoms with Crippen molar-refractivity contribution in [2.45, 2.75) is 10.1 Å². The van der Waals surface area contributed by atoms with Gasteiger partial charge in [-0.1, -0.05) is 71.7 Å². The summed E-state index contributed by atoms with van der Waals surface area (Å²) in [5, 5.41) is 8.68. The van der Waals surface area contributed by atoms with Crippen LogP contribution in [0.3, 0.4) is 0 Å². The third-order valence-electron chi connectivity index (χ3n) is 7.40. The minimum atomic E-state index is -0.622. The van der Waals surface area contributed by atoms with Crippen LogP contribution in [-0.2, 0) is 9.59 Å². The molecule has 3 amide bonds. The zero-order valence-corrected chi connectivity index (χ0v) is 30.1. The van der Waals surface area contributed by atoms with Gasteiger partial charge in [0, 0.05) is 43.5 Å². The summed E-state index contributed by atoms with van der Waals surface area (Å²) in [5.74, 6) is -0.0952. The van der Waals surface area contributed by atoms with E-state index in [4.69, 9.17) is 37.4 Å².